The first-order chi connectivity index (χ1) is 7.78. The smallest absolute Gasteiger partial charge is 0.242 e. The van der Waals surface area contributed by atoms with Gasteiger partial charge >= 0.3 is 0 Å². The molecule has 0 aliphatic carbocycles. The molecule has 1 aromatic rings. The summed E-state index contributed by atoms with van der Waals surface area (Å²) in [5, 5.41) is 5.61. The monoisotopic (exact) mass is 240 g/mol. The van der Waals surface area contributed by atoms with Gasteiger partial charge in [0.25, 0.3) is 0 Å². The minimum absolute atomic E-state index is 0.162. The summed E-state index contributed by atoms with van der Waals surface area (Å²) >= 11 is 0. The Hall–Kier alpha value is -1.72. The van der Waals surface area contributed by atoms with Gasteiger partial charge in [0.15, 0.2) is 5.82 Å². The van der Waals surface area contributed by atoms with Crippen LogP contribution in [-0.4, -0.2) is 27.5 Å². The molecule has 0 aliphatic rings. The maximum Gasteiger partial charge on any atom is 0.242 e. The predicted molar refractivity (Wildman–Crippen MR) is 63.0 cm³/mol. The molecule has 17 heavy (non-hydrogen) atoms. The Balaban J connectivity index is 2.57. The fraction of sp³-hybridized carbons (Fsp3) is 0.545. The van der Waals surface area contributed by atoms with Gasteiger partial charge in [-0.05, 0) is 27.7 Å². The van der Waals surface area contributed by atoms with Crippen molar-refractivity contribution in [2.45, 2.75) is 39.3 Å². The summed E-state index contributed by atoms with van der Waals surface area (Å²) in [4.78, 5) is 19.2. The fourth-order valence-electron chi connectivity index (χ4n) is 1.12. The average Bonchev–Trinajstić information content (AvgIpc) is 2.19. The van der Waals surface area contributed by atoms with E-state index in [1.54, 1.807) is 6.92 Å². The summed E-state index contributed by atoms with van der Waals surface area (Å²) in [6.45, 7) is 7.37. The highest BCUT2D eigenvalue weighted by Crippen LogP contribution is 2.03. The number of anilines is 1. The number of aromatic nitrogens is 2. The van der Waals surface area contributed by atoms with Crippen LogP contribution in [0, 0.1) is 5.82 Å². The Morgan fingerprint density at radius 3 is 2.35 bits per heavy atom. The second-order valence-electron chi connectivity index (χ2n) is 4.83. The number of nitrogens with one attached hydrogen (secondary N) is 2. The summed E-state index contributed by atoms with van der Waals surface area (Å²) in [6, 6.07) is -0.486. The Bertz CT molecular complexity index is 385. The molecule has 0 aromatic carbocycles. The first-order valence-electron chi connectivity index (χ1n) is 5.34. The molecular weight excluding hydrogens is 223 g/mol. The molecule has 6 heteroatoms. The fourth-order valence-corrected chi connectivity index (χ4v) is 1.12. The van der Waals surface area contributed by atoms with Crippen molar-refractivity contribution in [2.75, 3.05) is 5.32 Å². The van der Waals surface area contributed by atoms with Gasteiger partial charge in [-0.1, -0.05) is 0 Å². The zero-order valence-corrected chi connectivity index (χ0v) is 10.4. The average molecular weight is 240 g/mol. The number of amides is 1. The van der Waals surface area contributed by atoms with Gasteiger partial charge in [-0.2, -0.15) is 0 Å². The third-order valence-electron chi connectivity index (χ3n) is 1.86. The summed E-state index contributed by atoms with van der Waals surface area (Å²) in [7, 11) is 0. The molecule has 0 saturated heterocycles. The molecule has 0 fully saturated rings. The van der Waals surface area contributed by atoms with Gasteiger partial charge in [-0.25, -0.2) is 14.4 Å². The van der Waals surface area contributed by atoms with Crippen molar-refractivity contribution in [1.29, 1.82) is 0 Å². The molecule has 2 N–H and O–H groups in total. The van der Waals surface area contributed by atoms with Crippen molar-refractivity contribution < 1.29 is 9.18 Å². The zero-order chi connectivity index (χ0) is 13.1. The first kappa shape index (κ1) is 13.3. The molecule has 94 valence electrons. The number of carbonyl (C=O) groups is 1. The largest absolute Gasteiger partial charge is 0.350 e. The number of nitrogens with zero attached hydrogens (tertiary/aromatic N) is 2. The van der Waals surface area contributed by atoms with E-state index in [2.05, 4.69) is 20.6 Å². The van der Waals surface area contributed by atoms with Gasteiger partial charge in [-0.3, -0.25) is 4.79 Å². The lowest BCUT2D eigenvalue weighted by molar-refractivity contribution is -0.122. The number of hydrogen-bond acceptors (Lipinski definition) is 4. The first-order valence-corrected chi connectivity index (χ1v) is 5.34. The standard InChI is InChI=1S/C11H17FN4O/c1-7(9(17)16-11(2,3)4)15-10-13-5-8(12)6-14-10/h5-7H,1-4H3,(H,16,17)(H,13,14,15). The van der Waals surface area contributed by atoms with Crippen molar-refractivity contribution in [1.82, 2.24) is 15.3 Å². The topological polar surface area (TPSA) is 66.9 Å². The van der Waals surface area contributed by atoms with Crippen LogP contribution in [0.15, 0.2) is 12.4 Å². The van der Waals surface area contributed by atoms with Gasteiger partial charge in [0.2, 0.25) is 11.9 Å². The summed E-state index contributed by atoms with van der Waals surface area (Å²) in [5.41, 5.74) is -0.295. The highest BCUT2D eigenvalue weighted by atomic mass is 19.1. The normalized spacial score (nSPS) is 13.0. The molecule has 5 nitrogen and oxygen atoms in total. The van der Waals surface area contributed by atoms with Crippen molar-refractivity contribution in [3.05, 3.63) is 18.2 Å². The molecule has 1 atom stereocenters. The van der Waals surface area contributed by atoms with E-state index in [0.717, 1.165) is 12.4 Å². The third kappa shape index (κ3) is 4.76. The number of hydrogen-bond donors (Lipinski definition) is 2. The third-order valence-corrected chi connectivity index (χ3v) is 1.86. The van der Waals surface area contributed by atoms with E-state index in [4.69, 9.17) is 0 Å². The Morgan fingerprint density at radius 2 is 1.88 bits per heavy atom. The molecule has 1 unspecified atom stereocenters. The maximum absolute atomic E-state index is 12.6. The molecule has 1 rings (SSSR count). The van der Waals surface area contributed by atoms with Gasteiger partial charge in [0, 0.05) is 5.54 Å². The van der Waals surface area contributed by atoms with E-state index < -0.39 is 11.9 Å². The minimum Gasteiger partial charge on any atom is -0.350 e. The predicted octanol–water partition coefficient (Wildman–Crippen LogP) is 1.33. The van der Waals surface area contributed by atoms with Gasteiger partial charge < -0.3 is 10.6 Å². The van der Waals surface area contributed by atoms with Crippen molar-refractivity contribution >= 4 is 11.9 Å². The quantitative estimate of drug-likeness (QED) is 0.836. The number of rotatable bonds is 3. The molecule has 0 bridgehead atoms. The summed E-state index contributed by atoms with van der Waals surface area (Å²) < 4.78 is 12.6. The van der Waals surface area contributed by atoms with Crippen LogP contribution in [0.5, 0.6) is 0 Å². The van der Waals surface area contributed by atoms with Crippen molar-refractivity contribution in [3.8, 4) is 0 Å². The molecule has 0 saturated carbocycles. The molecule has 1 heterocycles. The molecular formula is C11H17FN4O. The highest BCUT2D eigenvalue weighted by molar-refractivity contribution is 5.84. The Labute approximate surface area is 99.9 Å². The Morgan fingerprint density at radius 1 is 1.35 bits per heavy atom. The second-order valence-corrected chi connectivity index (χ2v) is 4.83. The number of halogens is 1. The van der Waals surface area contributed by atoms with E-state index in [1.807, 2.05) is 20.8 Å². The summed E-state index contributed by atoms with van der Waals surface area (Å²) in [6.07, 6.45) is 2.09. The van der Waals surface area contributed by atoms with Crippen LogP contribution in [0.3, 0.4) is 0 Å². The van der Waals surface area contributed by atoms with Crippen molar-refractivity contribution in [3.63, 3.8) is 0 Å². The lowest BCUT2D eigenvalue weighted by atomic mass is 10.1. The van der Waals surface area contributed by atoms with Crippen LogP contribution >= 0.6 is 0 Å². The van der Waals surface area contributed by atoms with Gasteiger partial charge in [0.05, 0.1) is 12.4 Å². The van der Waals surface area contributed by atoms with Crippen LogP contribution in [0.1, 0.15) is 27.7 Å². The van der Waals surface area contributed by atoms with Crippen molar-refractivity contribution in [2.24, 2.45) is 0 Å². The molecule has 1 amide bonds. The summed E-state index contributed by atoms with van der Waals surface area (Å²) in [5.74, 6) is -0.448. The van der Waals surface area contributed by atoms with E-state index in [-0.39, 0.29) is 17.4 Å². The maximum atomic E-state index is 12.6. The Kier molecular flexibility index (Phi) is 3.98. The number of carbonyl (C=O) groups excluding carboxylic acids is 1. The second kappa shape index (κ2) is 5.07. The molecule has 1 aromatic heterocycles. The minimum atomic E-state index is -0.512. The molecule has 0 spiro atoms. The van der Waals surface area contributed by atoms with E-state index in [1.165, 1.54) is 0 Å². The van der Waals surface area contributed by atoms with Gasteiger partial charge in [0.1, 0.15) is 6.04 Å². The van der Waals surface area contributed by atoms with Gasteiger partial charge in [-0.15, -0.1) is 0 Å². The molecule has 0 aliphatic heterocycles. The van der Waals surface area contributed by atoms with Crippen LogP contribution in [0.4, 0.5) is 10.3 Å². The lowest BCUT2D eigenvalue weighted by Crippen LogP contribution is -2.47. The van der Waals surface area contributed by atoms with E-state index >= 15 is 0 Å². The zero-order valence-electron chi connectivity index (χ0n) is 10.4. The lowest BCUT2D eigenvalue weighted by Gasteiger charge is -2.23. The molecule has 0 radical (unpaired) electrons. The van der Waals surface area contributed by atoms with Crippen LogP contribution < -0.4 is 10.6 Å². The van der Waals surface area contributed by atoms with Crippen LogP contribution in [0.25, 0.3) is 0 Å². The highest BCUT2D eigenvalue weighted by Gasteiger charge is 2.19. The van der Waals surface area contributed by atoms with Crippen LogP contribution in [-0.2, 0) is 4.79 Å². The SMILES string of the molecule is CC(Nc1ncc(F)cn1)C(=O)NC(C)(C)C. The van der Waals surface area contributed by atoms with Crippen LogP contribution in [0.2, 0.25) is 0 Å². The van der Waals surface area contributed by atoms with E-state index in [0.29, 0.717) is 0 Å². The van der Waals surface area contributed by atoms with E-state index in [9.17, 15) is 9.18 Å².